The van der Waals surface area contributed by atoms with Gasteiger partial charge in [-0.3, -0.25) is 0 Å². The molecule has 1 rings (SSSR count). The van der Waals surface area contributed by atoms with Crippen LogP contribution in [0.1, 0.15) is 12.5 Å². The van der Waals surface area contributed by atoms with Crippen LogP contribution in [0.5, 0.6) is 0 Å². The second-order valence-electron chi connectivity index (χ2n) is 2.56. The summed E-state index contributed by atoms with van der Waals surface area (Å²) in [5.74, 6) is -0.880. The van der Waals surface area contributed by atoms with Crippen molar-refractivity contribution >= 4 is 13.3 Å². The van der Waals surface area contributed by atoms with Gasteiger partial charge in [0.2, 0.25) is 0 Å². The summed E-state index contributed by atoms with van der Waals surface area (Å²) in [4.78, 5) is 0. The molecule has 0 unspecified atom stereocenters. The Morgan fingerprint density at radius 3 is 2.09 bits per heavy atom. The zero-order chi connectivity index (χ0) is 8.43. The molecule has 0 amide bonds. The van der Waals surface area contributed by atoms with Crippen molar-refractivity contribution in [2.75, 3.05) is 0 Å². The molecule has 0 saturated heterocycles. The first-order chi connectivity index (χ1) is 5.15. The van der Waals surface area contributed by atoms with Gasteiger partial charge in [0, 0.05) is 5.56 Å². The molecular formula is C8H9BF2. The lowest BCUT2D eigenvalue weighted by molar-refractivity contribution is 0.561. The van der Waals surface area contributed by atoms with Crippen molar-refractivity contribution in [2.45, 2.75) is 13.3 Å². The van der Waals surface area contributed by atoms with Crippen LogP contribution in [-0.4, -0.2) is 7.85 Å². The van der Waals surface area contributed by atoms with E-state index in [1.54, 1.807) is 14.8 Å². The molecule has 0 aliphatic rings. The lowest BCUT2D eigenvalue weighted by atomic mass is 9.94. The van der Waals surface area contributed by atoms with Gasteiger partial charge in [-0.15, -0.1) is 0 Å². The van der Waals surface area contributed by atoms with Gasteiger partial charge in [0.15, 0.2) is 0 Å². The lowest BCUT2D eigenvalue weighted by Gasteiger charge is -2.02. The third kappa shape index (κ3) is 1.59. The maximum Gasteiger partial charge on any atom is 0.139 e. The van der Waals surface area contributed by atoms with Crippen molar-refractivity contribution in [3.05, 3.63) is 29.3 Å². The van der Waals surface area contributed by atoms with Gasteiger partial charge in [0.1, 0.15) is 19.5 Å². The molecule has 0 nitrogen and oxygen atoms in total. The quantitative estimate of drug-likeness (QED) is 0.524. The normalized spacial score (nSPS) is 10.1. The SMILES string of the molecule is Bc1cc(F)c(CC)c(F)c1. The number of hydrogen-bond acceptors (Lipinski definition) is 0. The minimum atomic E-state index is -0.440. The fraction of sp³-hybridized carbons (Fsp3) is 0.250. The summed E-state index contributed by atoms with van der Waals surface area (Å²) >= 11 is 0. The van der Waals surface area contributed by atoms with E-state index in [1.165, 1.54) is 12.1 Å². The lowest BCUT2D eigenvalue weighted by Crippen LogP contribution is -2.07. The Bertz CT molecular complexity index is 248. The second-order valence-corrected chi connectivity index (χ2v) is 2.56. The summed E-state index contributed by atoms with van der Waals surface area (Å²) in [6.07, 6.45) is 0.401. The van der Waals surface area contributed by atoms with Crippen LogP contribution in [0.4, 0.5) is 8.78 Å². The molecule has 11 heavy (non-hydrogen) atoms. The highest BCUT2D eigenvalue weighted by Gasteiger charge is 2.06. The number of hydrogen-bond donors (Lipinski definition) is 0. The molecule has 58 valence electrons. The Balaban J connectivity index is 3.25. The molecule has 0 bridgehead atoms. The molecule has 0 atom stereocenters. The second kappa shape index (κ2) is 3.03. The zero-order valence-corrected chi connectivity index (χ0v) is 6.62. The van der Waals surface area contributed by atoms with Gasteiger partial charge >= 0.3 is 0 Å². The molecular weight excluding hydrogens is 145 g/mol. The van der Waals surface area contributed by atoms with Crippen molar-refractivity contribution in [3.8, 4) is 0 Å². The summed E-state index contributed by atoms with van der Waals surface area (Å²) in [5.41, 5.74) is 0.799. The fourth-order valence-corrected chi connectivity index (χ4v) is 1.07. The van der Waals surface area contributed by atoms with E-state index < -0.39 is 11.6 Å². The van der Waals surface area contributed by atoms with Crippen molar-refractivity contribution in [3.63, 3.8) is 0 Å². The van der Waals surface area contributed by atoms with Gasteiger partial charge < -0.3 is 0 Å². The van der Waals surface area contributed by atoms with Crippen LogP contribution >= 0.6 is 0 Å². The van der Waals surface area contributed by atoms with Crippen LogP contribution in [0.2, 0.25) is 0 Å². The van der Waals surface area contributed by atoms with Crippen molar-refractivity contribution < 1.29 is 8.78 Å². The van der Waals surface area contributed by atoms with Crippen LogP contribution in [0.25, 0.3) is 0 Å². The largest absolute Gasteiger partial charge is 0.207 e. The first kappa shape index (κ1) is 8.24. The Morgan fingerprint density at radius 1 is 1.27 bits per heavy atom. The fourth-order valence-electron chi connectivity index (χ4n) is 1.07. The standard InChI is InChI=1S/C8H9BF2/c1-2-6-7(10)3-5(9)4-8(6)11/h3-4H,2,9H2,1H3. The van der Waals surface area contributed by atoms with Gasteiger partial charge in [-0.1, -0.05) is 12.4 Å². The van der Waals surface area contributed by atoms with Crippen LogP contribution in [-0.2, 0) is 6.42 Å². The minimum Gasteiger partial charge on any atom is -0.207 e. The van der Waals surface area contributed by atoms with Gasteiger partial charge in [-0.05, 0) is 18.6 Å². The van der Waals surface area contributed by atoms with Gasteiger partial charge in [-0.2, -0.15) is 0 Å². The average molecular weight is 154 g/mol. The molecule has 0 radical (unpaired) electrons. The summed E-state index contributed by atoms with van der Waals surface area (Å²) in [7, 11) is 1.67. The minimum absolute atomic E-state index is 0.176. The van der Waals surface area contributed by atoms with Gasteiger partial charge in [-0.25, -0.2) is 8.78 Å². The molecule has 3 heteroatoms. The van der Waals surface area contributed by atoms with Crippen LogP contribution in [0, 0.1) is 11.6 Å². The highest BCUT2D eigenvalue weighted by molar-refractivity contribution is 6.32. The van der Waals surface area contributed by atoms with E-state index in [1.807, 2.05) is 0 Å². The Hall–Kier alpha value is -0.855. The van der Waals surface area contributed by atoms with Crippen molar-refractivity contribution in [1.29, 1.82) is 0 Å². The number of halogens is 2. The van der Waals surface area contributed by atoms with E-state index in [0.29, 0.717) is 11.9 Å². The molecule has 0 aromatic heterocycles. The molecule has 1 aromatic rings. The molecule has 0 spiro atoms. The predicted molar refractivity (Wildman–Crippen MR) is 43.9 cm³/mol. The van der Waals surface area contributed by atoms with Gasteiger partial charge in [0.25, 0.3) is 0 Å². The molecule has 0 saturated carbocycles. The van der Waals surface area contributed by atoms with E-state index in [0.717, 1.165) is 0 Å². The van der Waals surface area contributed by atoms with E-state index in [2.05, 4.69) is 0 Å². The third-order valence-electron chi connectivity index (χ3n) is 1.64. The molecule has 0 aliphatic carbocycles. The Kier molecular flexibility index (Phi) is 2.27. The van der Waals surface area contributed by atoms with E-state index in [9.17, 15) is 8.78 Å². The molecule has 0 fully saturated rings. The van der Waals surface area contributed by atoms with Crippen LogP contribution < -0.4 is 5.46 Å². The highest BCUT2D eigenvalue weighted by Crippen LogP contribution is 2.10. The highest BCUT2D eigenvalue weighted by atomic mass is 19.1. The average Bonchev–Trinajstić information content (AvgIpc) is 1.85. The zero-order valence-electron chi connectivity index (χ0n) is 6.62. The summed E-state index contributed by atoms with van der Waals surface area (Å²) in [5, 5.41) is 0. The summed E-state index contributed by atoms with van der Waals surface area (Å²) < 4.78 is 25.7. The number of rotatable bonds is 1. The maximum absolute atomic E-state index is 12.9. The maximum atomic E-state index is 12.9. The first-order valence-corrected chi connectivity index (χ1v) is 3.59. The van der Waals surface area contributed by atoms with Gasteiger partial charge in [0.05, 0.1) is 0 Å². The molecule has 0 heterocycles. The Morgan fingerprint density at radius 2 is 1.73 bits per heavy atom. The van der Waals surface area contributed by atoms with Crippen molar-refractivity contribution in [2.24, 2.45) is 0 Å². The molecule has 1 aromatic carbocycles. The smallest absolute Gasteiger partial charge is 0.139 e. The molecule has 0 N–H and O–H groups in total. The summed E-state index contributed by atoms with van der Waals surface area (Å²) in [6, 6.07) is 2.70. The van der Waals surface area contributed by atoms with E-state index in [4.69, 9.17) is 0 Å². The molecule has 0 aliphatic heterocycles. The van der Waals surface area contributed by atoms with Crippen molar-refractivity contribution in [1.82, 2.24) is 0 Å². The topological polar surface area (TPSA) is 0 Å². The summed E-state index contributed by atoms with van der Waals surface area (Å²) in [6.45, 7) is 1.73. The van der Waals surface area contributed by atoms with E-state index >= 15 is 0 Å². The first-order valence-electron chi connectivity index (χ1n) is 3.59. The van der Waals surface area contributed by atoms with Crippen LogP contribution in [0.3, 0.4) is 0 Å². The monoisotopic (exact) mass is 154 g/mol. The van der Waals surface area contributed by atoms with E-state index in [-0.39, 0.29) is 5.56 Å². The Labute approximate surface area is 65.6 Å². The number of benzene rings is 1. The predicted octanol–water partition coefficient (Wildman–Crippen LogP) is 0.786. The third-order valence-corrected chi connectivity index (χ3v) is 1.64. The van der Waals surface area contributed by atoms with Crippen LogP contribution in [0.15, 0.2) is 12.1 Å².